The van der Waals surface area contributed by atoms with Crippen LogP contribution in [-0.2, 0) is 23.3 Å². The second-order valence-electron chi connectivity index (χ2n) is 10.1. The molecule has 0 aliphatic carbocycles. The Balaban J connectivity index is 1.75. The van der Waals surface area contributed by atoms with E-state index in [0.29, 0.717) is 31.2 Å². The smallest absolute Gasteiger partial charge is 0.295 e. The van der Waals surface area contributed by atoms with Gasteiger partial charge >= 0.3 is 0 Å². The minimum atomic E-state index is -3.40. The molecular formula is C23H37N2O5PS2. The van der Waals surface area contributed by atoms with Crippen molar-refractivity contribution >= 4 is 38.5 Å². The first kappa shape index (κ1) is 25.8. The van der Waals surface area contributed by atoms with Crippen LogP contribution < -0.4 is 5.32 Å². The number of fused-ring (bicyclic) bond motifs is 1. The second-order valence-corrected chi connectivity index (χ2v) is 13.4. The predicted octanol–water partition coefficient (Wildman–Crippen LogP) is 4.51. The van der Waals surface area contributed by atoms with Gasteiger partial charge in [0.15, 0.2) is 5.79 Å². The van der Waals surface area contributed by atoms with E-state index in [2.05, 4.69) is 44.4 Å². The minimum Gasteiger partial charge on any atom is -0.372 e. The van der Waals surface area contributed by atoms with Gasteiger partial charge in [0.2, 0.25) is 0 Å². The molecule has 3 heterocycles. The molecule has 33 heavy (non-hydrogen) atoms. The average Bonchev–Trinajstić information content (AvgIpc) is 3.28. The lowest BCUT2D eigenvalue weighted by atomic mass is 9.89. The summed E-state index contributed by atoms with van der Waals surface area (Å²) in [6.45, 7) is 9.40. The Kier molecular flexibility index (Phi) is 7.84. The summed E-state index contributed by atoms with van der Waals surface area (Å²) in [5.41, 5.74) is 0.543. The third-order valence-corrected chi connectivity index (χ3v) is 9.90. The molecule has 6 unspecified atom stereocenters. The number of hydrogen-bond acceptors (Lipinski definition) is 8. The van der Waals surface area contributed by atoms with Gasteiger partial charge in [-0.05, 0) is 46.2 Å². The quantitative estimate of drug-likeness (QED) is 0.347. The van der Waals surface area contributed by atoms with E-state index < -0.39 is 25.2 Å². The minimum absolute atomic E-state index is 0.0283. The Bertz CT molecular complexity index is 853. The lowest BCUT2D eigenvalue weighted by Crippen LogP contribution is -2.55. The van der Waals surface area contributed by atoms with Gasteiger partial charge in [-0.1, -0.05) is 18.2 Å². The van der Waals surface area contributed by atoms with Gasteiger partial charge in [-0.15, -0.1) is 0 Å². The highest BCUT2D eigenvalue weighted by molar-refractivity contribution is 7.80. The van der Waals surface area contributed by atoms with Crippen LogP contribution in [0.5, 0.6) is 0 Å². The Morgan fingerprint density at radius 3 is 2.30 bits per heavy atom. The zero-order valence-corrected chi connectivity index (χ0v) is 22.5. The number of thiol groups is 2. The molecule has 0 bridgehead atoms. The normalized spacial score (nSPS) is 37.2. The van der Waals surface area contributed by atoms with Crippen LogP contribution in [0.25, 0.3) is 0 Å². The highest BCUT2D eigenvalue weighted by atomic mass is 32.1. The fourth-order valence-corrected chi connectivity index (χ4v) is 9.09. The van der Waals surface area contributed by atoms with Crippen molar-refractivity contribution in [2.24, 2.45) is 5.92 Å². The lowest BCUT2D eigenvalue weighted by Gasteiger charge is -2.48. The van der Waals surface area contributed by atoms with Crippen LogP contribution in [0.3, 0.4) is 0 Å². The van der Waals surface area contributed by atoms with Crippen molar-refractivity contribution in [3.05, 3.63) is 30.3 Å². The van der Waals surface area contributed by atoms with Gasteiger partial charge in [0.25, 0.3) is 7.52 Å². The van der Waals surface area contributed by atoms with Crippen molar-refractivity contribution < 1.29 is 23.3 Å². The van der Waals surface area contributed by atoms with Gasteiger partial charge in [-0.3, -0.25) is 4.57 Å². The van der Waals surface area contributed by atoms with Crippen molar-refractivity contribution in [1.29, 1.82) is 0 Å². The van der Waals surface area contributed by atoms with Crippen LogP contribution in [-0.4, -0.2) is 71.4 Å². The molecule has 186 valence electrons. The number of rotatable bonds is 8. The van der Waals surface area contributed by atoms with E-state index in [-0.39, 0.29) is 23.7 Å². The average molecular weight is 517 g/mol. The molecule has 1 aromatic carbocycles. The van der Waals surface area contributed by atoms with Crippen LogP contribution in [0.15, 0.2) is 30.3 Å². The molecule has 4 rings (SSSR count). The first-order valence-electron chi connectivity index (χ1n) is 11.6. The van der Waals surface area contributed by atoms with E-state index >= 15 is 0 Å². The summed E-state index contributed by atoms with van der Waals surface area (Å²) < 4.78 is 42.1. The maximum Gasteiger partial charge on any atom is 0.295 e. The van der Waals surface area contributed by atoms with Crippen LogP contribution in [0, 0.1) is 5.92 Å². The highest BCUT2D eigenvalue weighted by Crippen LogP contribution is 2.66. The summed E-state index contributed by atoms with van der Waals surface area (Å²) >= 11 is 8.88. The monoisotopic (exact) mass is 516 g/mol. The highest BCUT2D eigenvalue weighted by Gasteiger charge is 2.62. The fraction of sp³-hybridized carbons (Fsp3) is 0.739. The number of nitrogens with one attached hydrogen (secondary N) is 1. The van der Waals surface area contributed by atoms with Gasteiger partial charge in [-0.2, -0.15) is 25.3 Å². The SMILES string of the molecule is CC1(C)CC2C(O1)C(C1COC(C)(C)O1)OP(=O)(N(CCS)CCS)C2Nc1ccccc1. The molecular weight excluding hydrogens is 479 g/mol. The third-order valence-electron chi connectivity index (χ3n) is 6.55. The molecule has 3 aliphatic rings. The van der Waals surface area contributed by atoms with Gasteiger partial charge in [0, 0.05) is 36.2 Å². The summed E-state index contributed by atoms with van der Waals surface area (Å²) in [6, 6.07) is 9.89. The largest absolute Gasteiger partial charge is 0.372 e. The number of para-hydroxylation sites is 1. The number of benzene rings is 1. The van der Waals surface area contributed by atoms with E-state index in [4.69, 9.17) is 18.7 Å². The zero-order valence-electron chi connectivity index (χ0n) is 19.8. The standard InChI is InChI=1S/C23H37N2O5PS2/c1-22(2)14-17-19(29-22)20(18-15-27-23(3,4)28-18)30-31(26,25(10-12-32)11-13-33)21(17)24-16-8-6-5-7-9-16/h5-9,17-21,24,32-33H,10-15H2,1-4H3. The maximum absolute atomic E-state index is 15.0. The van der Waals surface area contributed by atoms with E-state index in [1.807, 2.05) is 48.8 Å². The zero-order chi connectivity index (χ0) is 23.9. The maximum atomic E-state index is 15.0. The molecule has 10 heteroatoms. The van der Waals surface area contributed by atoms with Gasteiger partial charge in [0.1, 0.15) is 18.0 Å². The molecule has 3 aliphatic heterocycles. The Hall–Kier alpha value is -0.250. The van der Waals surface area contributed by atoms with Gasteiger partial charge in [-0.25, -0.2) is 4.67 Å². The first-order valence-corrected chi connectivity index (χ1v) is 14.6. The molecule has 0 spiro atoms. The van der Waals surface area contributed by atoms with Crippen molar-refractivity contribution in [2.45, 2.75) is 69.6 Å². The number of ether oxygens (including phenoxy) is 3. The number of anilines is 1. The Labute approximate surface area is 208 Å². The lowest BCUT2D eigenvalue weighted by molar-refractivity contribution is -0.169. The molecule has 3 saturated heterocycles. The van der Waals surface area contributed by atoms with E-state index in [0.717, 1.165) is 12.1 Å². The molecule has 0 amide bonds. The van der Waals surface area contributed by atoms with Gasteiger partial charge in [0.05, 0.1) is 18.3 Å². The fourth-order valence-electron chi connectivity index (χ4n) is 5.25. The Morgan fingerprint density at radius 1 is 1.06 bits per heavy atom. The summed E-state index contributed by atoms with van der Waals surface area (Å²) in [5, 5.41) is 3.57. The van der Waals surface area contributed by atoms with Crippen molar-refractivity contribution in [3.63, 3.8) is 0 Å². The number of nitrogens with zero attached hydrogens (tertiary/aromatic N) is 1. The molecule has 1 N–H and O–H groups in total. The Morgan fingerprint density at radius 2 is 1.73 bits per heavy atom. The summed E-state index contributed by atoms with van der Waals surface area (Å²) in [6.07, 6.45) is -0.361. The van der Waals surface area contributed by atoms with Crippen LogP contribution in [0.1, 0.15) is 34.1 Å². The predicted molar refractivity (Wildman–Crippen MR) is 138 cm³/mol. The summed E-state index contributed by atoms with van der Waals surface area (Å²) in [4.78, 5) is 0. The topological polar surface area (TPSA) is 69.3 Å². The van der Waals surface area contributed by atoms with Gasteiger partial charge < -0.3 is 24.1 Å². The van der Waals surface area contributed by atoms with Crippen molar-refractivity contribution in [3.8, 4) is 0 Å². The first-order chi connectivity index (χ1) is 15.6. The molecule has 1 aromatic rings. The van der Waals surface area contributed by atoms with Crippen LogP contribution in [0.2, 0.25) is 0 Å². The molecule has 0 saturated carbocycles. The molecule has 7 nitrogen and oxygen atoms in total. The van der Waals surface area contributed by atoms with E-state index in [1.165, 1.54) is 0 Å². The summed E-state index contributed by atoms with van der Waals surface area (Å²) in [7, 11) is -3.40. The van der Waals surface area contributed by atoms with E-state index in [9.17, 15) is 4.57 Å². The summed E-state index contributed by atoms with van der Waals surface area (Å²) in [5.74, 6) is -0.0414. The van der Waals surface area contributed by atoms with Crippen molar-refractivity contribution in [1.82, 2.24) is 4.67 Å². The van der Waals surface area contributed by atoms with E-state index in [1.54, 1.807) is 0 Å². The molecule has 0 aromatic heterocycles. The number of hydrogen-bond donors (Lipinski definition) is 3. The molecule has 6 atom stereocenters. The molecule has 3 fully saturated rings. The van der Waals surface area contributed by atoms with Crippen LogP contribution in [0.4, 0.5) is 5.69 Å². The second kappa shape index (κ2) is 10.0. The van der Waals surface area contributed by atoms with Crippen molar-refractivity contribution in [2.75, 3.05) is 36.5 Å². The van der Waals surface area contributed by atoms with Crippen LogP contribution >= 0.6 is 32.8 Å². The molecule has 0 radical (unpaired) electrons. The third kappa shape index (κ3) is 5.46.